The van der Waals surface area contributed by atoms with Gasteiger partial charge in [0.15, 0.2) is 0 Å². The fourth-order valence-corrected chi connectivity index (χ4v) is 5.18. The minimum Gasteiger partial charge on any atom is -0.371 e. The lowest BCUT2D eigenvalue weighted by molar-refractivity contribution is 0.102. The van der Waals surface area contributed by atoms with Crippen LogP contribution in [-0.2, 0) is 6.42 Å². The molecular formula is C28H29N5OS. The fraction of sp³-hybridized carbons (Fsp3) is 0.250. The van der Waals surface area contributed by atoms with E-state index in [1.165, 1.54) is 10.6 Å². The first kappa shape index (κ1) is 23.2. The summed E-state index contributed by atoms with van der Waals surface area (Å²) in [5, 5.41) is 10.0. The van der Waals surface area contributed by atoms with Gasteiger partial charge in [-0.3, -0.25) is 9.78 Å². The van der Waals surface area contributed by atoms with Crippen LogP contribution in [0.2, 0.25) is 0 Å². The second-order valence-corrected chi connectivity index (χ2v) is 9.65. The van der Waals surface area contributed by atoms with Crippen LogP contribution in [-0.4, -0.2) is 41.6 Å². The first-order chi connectivity index (χ1) is 17.2. The normalized spacial score (nSPS) is 14.1. The van der Waals surface area contributed by atoms with Crippen molar-refractivity contribution in [2.24, 2.45) is 0 Å². The molecule has 1 aliphatic heterocycles. The molecule has 6 nitrogen and oxygen atoms in total. The summed E-state index contributed by atoms with van der Waals surface area (Å²) in [7, 11) is 0. The molecule has 0 aliphatic carbocycles. The zero-order chi connectivity index (χ0) is 23.9. The van der Waals surface area contributed by atoms with Crippen LogP contribution in [0.3, 0.4) is 0 Å². The predicted octanol–water partition coefficient (Wildman–Crippen LogP) is 5.26. The number of carbonyl (C=O) groups is 1. The van der Waals surface area contributed by atoms with E-state index in [2.05, 4.69) is 62.3 Å². The standard InChI is InChI=1S/C28H29N5OS/c34-28(22-8-5-14-29-19-22)31-24-9-4-10-25(18-24)33-16-12-23(13-17-33)30-15-11-27-32-26(20-35-27)21-6-2-1-3-7-21/h1-10,14,18-20,23,30H,11-13,15-17H2,(H,31,34). The van der Waals surface area contributed by atoms with Gasteiger partial charge >= 0.3 is 0 Å². The van der Waals surface area contributed by atoms with Crippen LogP contribution in [0.25, 0.3) is 11.3 Å². The average Bonchev–Trinajstić information content (AvgIpc) is 3.39. The molecule has 7 heteroatoms. The number of hydrogen-bond acceptors (Lipinski definition) is 6. The lowest BCUT2D eigenvalue weighted by Gasteiger charge is -2.34. The molecule has 5 rings (SSSR count). The number of piperidine rings is 1. The Morgan fingerprint density at radius 3 is 2.69 bits per heavy atom. The molecule has 2 N–H and O–H groups in total. The molecule has 0 atom stereocenters. The van der Waals surface area contributed by atoms with E-state index in [4.69, 9.17) is 4.98 Å². The highest BCUT2D eigenvalue weighted by molar-refractivity contribution is 7.09. The molecule has 178 valence electrons. The van der Waals surface area contributed by atoms with Gasteiger partial charge in [-0.1, -0.05) is 36.4 Å². The van der Waals surface area contributed by atoms with E-state index < -0.39 is 0 Å². The number of rotatable bonds is 8. The third-order valence-corrected chi connectivity index (χ3v) is 7.19. The van der Waals surface area contributed by atoms with E-state index in [-0.39, 0.29) is 5.91 Å². The lowest BCUT2D eigenvalue weighted by Crippen LogP contribution is -2.43. The molecule has 0 radical (unpaired) electrons. The third-order valence-electron chi connectivity index (χ3n) is 6.28. The van der Waals surface area contributed by atoms with E-state index in [0.29, 0.717) is 11.6 Å². The third kappa shape index (κ3) is 6.12. The molecular weight excluding hydrogens is 454 g/mol. The number of thiazole rings is 1. The Balaban J connectivity index is 1.08. The molecule has 0 bridgehead atoms. The Bertz CT molecular complexity index is 1240. The maximum Gasteiger partial charge on any atom is 0.257 e. The number of pyridine rings is 1. The van der Waals surface area contributed by atoms with Crippen LogP contribution in [0.5, 0.6) is 0 Å². The Morgan fingerprint density at radius 2 is 1.89 bits per heavy atom. The molecule has 1 aliphatic rings. The molecule has 0 unspecified atom stereocenters. The maximum atomic E-state index is 12.4. The van der Waals surface area contributed by atoms with Gasteiger partial charge in [-0.25, -0.2) is 4.98 Å². The van der Waals surface area contributed by atoms with Gasteiger partial charge in [0.25, 0.3) is 5.91 Å². The van der Waals surface area contributed by atoms with Gasteiger partial charge in [-0.15, -0.1) is 11.3 Å². The summed E-state index contributed by atoms with van der Waals surface area (Å²) < 4.78 is 0. The molecule has 0 spiro atoms. The number of hydrogen-bond donors (Lipinski definition) is 2. The van der Waals surface area contributed by atoms with Crippen molar-refractivity contribution in [1.29, 1.82) is 0 Å². The van der Waals surface area contributed by atoms with Gasteiger partial charge in [0.1, 0.15) is 0 Å². The highest BCUT2D eigenvalue weighted by atomic mass is 32.1. The molecule has 0 saturated carbocycles. The highest BCUT2D eigenvalue weighted by Crippen LogP contribution is 2.24. The SMILES string of the molecule is O=C(Nc1cccc(N2CCC(NCCc3nc(-c4ccccc4)cs3)CC2)c1)c1cccnc1. The van der Waals surface area contributed by atoms with Crippen LogP contribution in [0.1, 0.15) is 28.2 Å². The number of benzene rings is 2. The smallest absolute Gasteiger partial charge is 0.257 e. The largest absolute Gasteiger partial charge is 0.371 e. The van der Waals surface area contributed by atoms with E-state index in [9.17, 15) is 4.79 Å². The predicted molar refractivity (Wildman–Crippen MR) is 143 cm³/mol. The van der Waals surface area contributed by atoms with Crippen molar-refractivity contribution in [3.05, 3.63) is 95.1 Å². The summed E-state index contributed by atoms with van der Waals surface area (Å²) >= 11 is 1.74. The molecule has 1 fully saturated rings. The number of aromatic nitrogens is 2. The quantitative estimate of drug-likeness (QED) is 0.358. The zero-order valence-electron chi connectivity index (χ0n) is 19.6. The van der Waals surface area contributed by atoms with Gasteiger partial charge in [0.05, 0.1) is 16.3 Å². The van der Waals surface area contributed by atoms with Gasteiger partial charge in [0.2, 0.25) is 0 Å². The molecule has 1 amide bonds. The summed E-state index contributed by atoms with van der Waals surface area (Å²) in [6, 6.07) is 22.5. The fourth-order valence-electron chi connectivity index (χ4n) is 4.37. The van der Waals surface area contributed by atoms with Crippen LogP contribution >= 0.6 is 11.3 Å². The van der Waals surface area contributed by atoms with E-state index in [1.54, 1.807) is 35.9 Å². The van der Waals surface area contributed by atoms with Gasteiger partial charge in [-0.2, -0.15) is 0 Å². The van der Waals surface area contributed by atoms with Crippen molar-refractivity contribution >= 4 is 28.6 Å². The van der Waals surface area contributed by atoms with Crippen molar-refractivity contribution in [2.45, 2.75) is 25.3 Å². The Kier molecular flexibility index (Phi) is 7.46. The maximum absolute atomic E-state index is 12.4. The van der Waals surface area contributed by atoms with Crippen LogP contribution < -0.4 is 15.5 Å². The second-order valence-electron chi connectivity index (χ2n) is 8.70. The first-order valence-electron chi connectivity index (χ1n) is 12.0. The molecule has 4 aromatic rings. The topological polar surface area (TPSA) is 70.2 Å². The van der Waals surface area contributed by atoms with Crippen LogP contribution in [0.4, 0.5) is 11.4 Å². The highest BCUT2D eigenvalue weighted by Gasteiger charge is 2.19. The van der Waals surface area contributed by atoms with Gasteiger partial charge in [0, 0.05) is 66.8 Å². The number of nitrogens with zero attached hydrogens (tertiary/aromatic N) is 3. The Morgan fingerprint density at radius 1 is 1.03 bits per heavy atom. The second kappa shape index (κ2) is 11.3. The molecule has 3 heterocycles. The molecule has 35 heavy (non-hydrogen) atoms. The molecule has 2 aromatic heterocycles. The molecule has 1 saturated heterocycles. The number of amides is 1. The van der Waals surface area contributed by atoms with Crippen molar-refractivity contribution in [3.8, 4) is 11.3 Å². The van der Waals surface area contributed by atoms with Gasteiger partial charge in [-0.05, 0) is 43.2 Å². The summed E-state index contributed by atoms with van der Waals surface area (Å²) in [6.45, 7) is 2.93. The summed E-state index contributed by atoms with van der Waals surface area (Å²) in [5.41, 5.74) is 4.74. The van der Waals surface area contributed by atoms with Gasteiger partial charge < -0.3 is 15.5 Å². The van der Waals surface area contributed by atoms with Crippen molar-refractivity contribution < 1.29 is 4.79 Å². The van der Waals surface area contributed by atoms with Crippen LogP contribution in [0, 0.1) is 0 Å². The monoisotopic (exact) mass is 483 g/mol. The number of nitrogens with one attached hydrogen (secondary N) is 2. The van der Waals surface area contributed by atoms with E-state index in [0.717, 1.165) is 56.0 Å². The van der Waals surface area contributed by atoms with Crippen molar-refractivity contribution in [1.82, 2.24) is 15.3 Å². The summed E-state index contributed by atoms with van der Waals surface area (Å²) in [4.78, 5) is 23.7. The van der Waals surface area contributed by atoms with E-state index >= 15 is 0 Å². The van der Waals surface area contributed by atoms with Crippen LogP contribution in [0.15, 0.2) is 84.5 Å². The van der Waals surface area contributed by atoms with E-state index in [1.807, 2.05) is 18.2 Å². The number of carbonyl (C=O) groups excluding carboxylic acids is 1. The lowest BCUT2D eigenvalue weighted by atomic mass is 10.0. The Labute approximate surface area is 210 Å². The first-order valence-corrected chi connectivity index (χ1v) is 12.9. The number of anilines is 2. The average molecular weight is 484 g/mol. The summed E-state index contributed by atoms with van der Waals surface area (Å²) in [6.07, 6.45) is 6.39. The van der Waals surface area contributed by atoms with Crippen molar-refractivity contribution in [3.63, 3.8) is 0 Å². The summed E-state index contributed by atoms with van der Waals surface area (Å²) in [5.74, 6) is -0.144. The minimum absolute atomic E-state index is 0.144. The zero-order valence-corrected chi connectivity index (χ0v) is 20.4. The Hall–Kier alpha value is -3.55. The molecule has 2 aromatic carbocycles. The minimum atomic E-state index is -0.144. The van der Waals surface area contributed by atoms with Crippen molar-refractivity contribution in [2.75, 3.05) is 29.9 Å².